The Morgan fingerprint density at radius 3 is 2.81 bits per heavy atom. The fourth-order valence-corrected chi connectivity index (χ4v) is 2.73. The highest BCUT2D eigenvalue weighted by molar-refractivity contribution is 9.10. The van der Waals surface area contributed by atoms with Gasteiger partial charge in [-0.2, -0.15) is 0 Å². The lowest BCUT2D eigenvalue weighted by Gasteiger charge is -2.30. The van der Waals surface area contributed by atoms with Crippen molar-refractivity contribution in [3.8, 4) is 0 Å². The average molecular weight is 280 g/mol. The highest BCUT2D eigenvalue weighted by Crippen LogP contribution is 2.30. The molecule has 3 nitrogen and oxygen atoms in total. The Bertz CT molecular complexity index is 500. The van der Waals surface area contributed by atoms with E-state index in [1.165, 1.54) is 16.6 Å². The van der Waals surface area contributed by atoms with E-state index >= 15 is 0 Å². The third kappa shape index (κ3) is 1.72. The molecule has 2 aromatic rings. The molecule has 1 aliphatic heterocycles. The molecular formula is C12H14BrN3. The van der Waals surface area contributed by atoms with Crippen molar-refractivity contribution in [2.45, 2.75) is 0 Å². The summed E-state index contributed by atoms with van der Waals surface area (Å²) in [5.41, 5.74) is 2.52. The third-order valence-corrected chi connectivity index (χ3v) is 3.53. The Hall–Kier alpha value is -1.00. The number of aromatic amines is 1. The van der Waals surface area contributed by atoms with Crippen molar-refractivity contribution < 1.29 is 0 Å². The standard InChI is InChI=1S/C12H14BrN3/c13-9-7-11-10(1-2-15-11)12(8-9)16-5-3-14-4-6-16/h1-2,7-8,14-15H,3-6H2. The summed E-state index contributed by atoms with van der Waals surface area (Å²) in [7, 11) is 0. The molecule has 1 aliphatic rings. The first-order valence-electron chi connectivity index (χ1n) is 5.57. The molecule has 2 heterocycles. The van der Waals surface area contributed by atoms with Crippen LogP contribution in [0.15, 0.2) is 28.9 Å². The van der Waals surface area contributed by atoms with Crippen molar-refractivity contribution >= 4 is 32.5 Å². The SMILES string of the molecule is Brc1cc(N2CCNCC2)c2cc[nH]c2c1. The Balaban J connectivity index is 2.09. The average Bonchev–Trinajstić information content (AvgIpc) is 2.77. The van der Waals surface area contributed by atoms with Crippen molar-refractivity contribution in [2.24, 2.45) is 0 Å². The molecule has 1 saturated heterocycles. The monoisotopic (exact) mass is 279 g/mol. The van der Waals surface area contributed by atoms with E-state index in [1.807, 2.05) is 6.20 Å². The molecule has 4 heteroatoms. The molecule has 2 N–H and O–H groups in total. The number of nitrogens with zero attached hydrogens (tertiary/aromatic N) is 1. The minimum atomic E-state index is 1.07. The van der Waals surface area contributed by atoms with Crippen LogP contribution in [0.25, 0.3) is 10.9 Å². The van der Waals surface area contributed by atoms with Gasteiger partial charge in [-0.25, -0.2) is 0 Å². The number of halogens is 1. The van der Waals surface area contributed by atoms with E-state index in [4.69, 9.17) is 0 Å². The van der Waals surface area contributed by atoms with Crippen LogP contribution < -0.4 is 10.2 Å². The lowest BCUT2D eigenvalue weighted by molar-refractivity contribution is 0.590. The second-order valence-corrected chi connectivity index (χ2v) is 5.02. The summed E-state index contributed by atoms with van der Waals surface area (Å²) in [5.74, 6) is 0. The summed E-state index contributed by atoms with van der Waals surface area (Å²) >= 11 is 3.57. The zero-order valence-corrected chi connectivity index (χ0v) is 10.5. The highest BCUT2D eigenvalue weighted by atomic mass is 79.9. The largest absolute Gasteiger partial charge is 0.368 e. The number of rotatable bonds is 1. The van der Waals surface area contributed by atoms with E-state index in [9.17, 15) is 0 Å². The summed E-state index contributed by atoms with van der Waals surface area (Å²) in [6, 6.07) is 6.49. The third-order valence-electron chi connectivity index (χ3n) is 3.07. The molecular weight excluding hydrogens is 266 g/mol. The quantitative estimate of drug-likeness (QED) is 0.840. The number of fused-ring (bicyclic) bond motifs is 1. The van der Waals surface area contributed by atoms with Gasteiger partial charge in [0.25, 0.3) is 0 Å². The number of hydrogen-bond acceptors (Lipinski definition) is 2. The summed E-state index contributed by atoms with van der Waals surface area (Å²) in [6.07, 6.45) is 2.00. The maximum Gasteiger partial charge on any atom is 0.0486 e. The zero-order valence-electron chi connectivity index (χ0n) is 8.96. The van der Waals surface area contributed by atoms with E-state index in [-0.39, 0.29) is 0 Å². The summed E-state index contributed by atoms with van der Waals surface area (Å²) in [4.78, 5) is 5.71. The molecule has 3 rings (SSSR count). The fourth-order valence-electron chi connectivity index (χ4n) is 2.28. The molecule has 0 aliphatic carbocycles. The summed E-state index contributed by atoms with van der Waals surface area (Å²) in [5, 5.41) is 4.69. The predicted molar refractivity (Wildman–Crippen MR) is 71.1 cm³/mol. The number of hydrogen-bond donors (Lipinski definition) is 2. The fraction of sp³-hybridized carbons (Fsp3) is 0.333. The minimum absolute atomic E-state index is 1.07. The molecule has 16 heavy (non-hydrogen) atoms. The van der Waals surface area contributed by atoms with E-state index in [0.29, 0.717) is 0 Å². The smallest absolute Gasteiger partial charge is 0.0486 e. The van der Waals surface area contributed by atoms with Gasteiger partial charge in [-0.3, -0.25) is 0 Å². The van der Waals surface area contributed by atoms with Crippen LogP contribution >= 0.6 is 15.9 Å². The van der Waals surface area contributed by atoms with Gasteiger partial charge in [0.15, 0.2) is 0 Å². The minimum Gasteiger partial charge on any atom is -0.368 e. The van der Waals surface area contributed by atoms with Gasteiger partial charge in [0, 0.05) is 53.4 Å². The van der Waals surface area contributed by atoms with Crippen LogP contribution in [-0.4, -0.2) is 31.2 Å². The van der Waals surface area contributed by atoms with Crippen LogP contribution in [-0.2, 0) is 0 Å². The van der Waals surface area contributed by atoms with E-state index in [2.05, 4.69) is 49.3 Å². The van der Waals surface area contributed by atoms with Crippen LogP contribution in [0.2, 0.25) is 0 Å². The van der Waals surface area contributed by atoms with Gasteiger partial charge < -0.3 is 15.2 Å². The molecule has 1 aromatic carbocycles. The highest BCUT2D eigenvalue weighted by Gasteiger charge is 2.14. The van der Waals surface area contributed by atoms with Crippen LogP contribution in [0.4, 0.5) is 5.69 Å². The van der Waals surface area contributed by atoms with Gasteiger partial charge in [0.2, 0.25) is 0 Å². The lowest BCUT2D eigenvalue weighted by atomic mass is 10.2. The van der Waals surface area contributed by atoms with E-state index in [0.717, 1.165) is 30.7 Å². The maximum absolute atomic E-state index is 3.57. The molecule has 0 unspecified atom stereocenters. The van der Waals surface area contributed by atoms with Crippen LogP contribution in [0.5, 0.6) is 0 Å². The van der Waals surface area contributed by atoms with Gasteiger partial charge in [0.05, 0.1) is 0 Å². The van der Waals surface area contributed by atoms with E-state index in [1.54, 1.807) is 0 Å². The second kappa shape index (κ2) is 4.11. The molecule has 1 aromatic heterocycles. The van der Waals surface area contributed by atoms with Crippen molar-refractivity contribution in [1.29, 1.82) is 0 Å². The molecule has 1 fully saturated rings. The summed E-state index contributed by atoms with van der Waals surface area (Å²) in [6.45, 7) is 4.30. The van der Waals surface area contributed by atoms with Gasteiger partial charge in [0.1, 0.15) is 0 Å². The zero-order chi connectivity index (χ0) is 11.0. The topological polar surface area (TPSA) is 31.1 Å². The van der Waals surface area contributed by atoms with Crippen molar-refractivity contribution in [3.05, 3.63) is 28.9 Å². The number of H-pyrrole nitrogens is 1. The Morgan fingerprint density at radius 1 is 1.19 bits per heavy atom. The number of anilines is 1. The van der Waals surface area contributed by atoms with Crippen molar-refractivity contribution in [2.75, 3.05) is 31.1 Å². The molecule has 0 saturated carbocycles. The molecule has 0 amide bonds. The number of aromatic nitrogens is 1. The van der Waals surface area contributed by atoms with Gasteiger partial charge in [-0.1, -0.05) is 15.9 Å². The van der Waals surface area contributed by atoms with Gasteiger partial charge in [-0.15, -0.1) is 0 Å². The molecule has 0 radical (unpaired) electrons. The van der Waals surface area contributed by atoms with Crippen LogP contribution in [0.1, 0.15) is 0 Å². The van der Waals surface area contributed by atoms with Crippen LogP contribution in [0, 0.1) is 0 Å². The van der Waals surface area contributed by atoms with Gasteiger partial charge >= 0.3 is 0 Å². The molecule has 0 atom stereocenters. The predicted octanol–water partition coefficient (Wildman–Crippen LogP) is 2.34. The first-order valence-corrected chi connectivity index (χ1v) is 6.36. The molecule has 0 spiro atoms. The second-order valence-electron chi connectivity index (χ2n) is 4.10. The van der Waals surface area contributed by atoms with Gasteiger partial charge in [-0.05, 0) is 18.2 Å². The lowest BCUT2D eigenvalue weighted by Crippen LogP contribution is -2.43. The number of benzene rings is 1. The van der Waals surface area contributed by atoms with Crippen molar-refractivity contribution in [1.82, 2.24) is 10.3 Å². The Labute approximate surface area is 103 Å². The Kier molecular flexibility index (Phi) is 2.61. The normalized spacial score (nSPS) is 16.9. The molecule has 84 valence electrons. The van der Waals surface area contributed by atoms with Crippen LogP contribution in [0.3, 0.4) is 0 Å². The number of nitrogens with one attached hydrogen (secondary N) is 2. The Morgan fingerprint density at radius 2 is 2.00 bits per heavy atom. The number of piperazine rings is 1. The first-order chi connectivity index (χ1) is 7.84. The first kappa shape index (κ1) is 10.2. The molecule has 0 bridgehead atoms. The summed E-state index contributed by atoms with van der Waals surface area (Å²) < 4.78 is 1.14. The van der Waals surface area contributed by atoms with Crippen molar-refractivity contribution in [3.63, 3.8) is 0 Å². The maximum atomic E-state index is 3.57. The van der Waals surface area contributed by atoms with E-state index < -0.39 is 0 Å².